The third kappa shape index (κ3) is 5.24. The zero-order chi connectivity index (χ0) is 15.1. The van der Waals surface area contributed by atoms with Crippen LogP contribution in [-0.2, 0) is 6.42 Å². The molecular formula is C19H25NO. The molecule has 0 bridgehead atoms. The first-order valence-corrected chi connectivity index (χ1v) is 7.49. The summed E-state index contributed by atoms with van der Waals surface area (Å²) in [5.41, 5.74) is 2.78. The normalized spacial score (nSPS) is 11.4. The van der Waals surface area contributed by atoms with Crippen molar-refractivity contribution < 1.29 is 4.74 Å². The molecule has 112 valence electrons. The minimum absolute atomic E-state index is 0.136. The minimum Gasteiger partial charge on any atom is -0.493 e. The molecule has 0 atom stereocenters. The fourth-order valence-corrected chi connectivity index (χ4v) is 2.34. The molecule has 2 rings (SSSR count). The average Bonchev–Trinajstić information content (AvgIpc) is 2.48. The molecule has 2 aromatic carbocycles. The van der Waals surface area contributed by atoms with Gasteiger partial charge in [-0.3, -0.25) is 0 Å². The topological polar surface area (TPSA) is 21.3 Å². The SMILES string of the molecule is CNCC(C)(C)COc1ccc(Cc2ccccc2)cc1. The Morgan fingerprint density at radius 2 is 1.52 bits per heavy atom. The Kier molecular flexibility index (Phi) is 5.40. The van der Waals surface area contributed by atoms with Crippen LogP contribution in [0.1, 0.15) is 25.0 Å². The highest BCUT2D eigenvalue weighted by Crippen LogP contribution is 2.19. The fourth-order valence-electron chi connectivity index (χ4n) is 2.34. The highest BCUT2D eigenvalue weighted by Gasteiger charge is 2.17. The molecule has 2 aromatic rings. The molecule has 0 saturated heterocycles. The van der Waals surface area contributed by atoms with Gasteiger partial charge in [0.2, 0.25) is 0 Å². The molecular weight excluding hydrogens is 258 g/mol. The van der Waals surface area contributed by atoms with Crippen LogP contribution in [0.25, 0.3) is 0 Å². The van der Waals surface area contributed by atoms with Gasteiger partial charge >= 0.3 is 0 Å². The second-order valence-electron chi connectivity index (χ2n) is 6.29. The maximum absolute atomic E-state index is 5.89. The van der Waals surface area contributed by atoms with E-state index in [0.29, 0.717) is 6.61 Å². The molecule has 0 aliphatic heterocycles. The molecule has 0 amide bonds. The van der Waals surface area contributed by atoms with Crippen molar-refractivity contribution in [3.63, 3.8) is 0 Å². The maximum Gasteiger partial charge on any atom is 0.119 e. The predicted molar refractivity (Wildman–Crippen MR) is 88.9 cm³/mol. The number of hydrogen-bond acceptors (Lipinski definition) is 2. The summed E-state index contributed by atoms with van der Waals surface area (Å²) < 4.78 is 5.89. The molecule has 0 spiro atoms. The summed E-state index contributed by atoms with van der Waals surface area (Å²) in [7, 11) is 1.97. The molecule has 0 aliphatic carbocycles. The van der Waals surface area contributed by atoms with Crippen molar-refractivity contribution >= 4 is 0 Å². The highest BCUT2D eigenvalue weighted by molar-refractivity contribution is 5.31. The molecule has 0 saturated carbocycles. The molecule has 21 heavy (non-hydrogen) atoms. The highest BCUT2D eigenvalue weighted by atomic mass is 16.5. The molecule has 0 aliphatic rings. The lowest BCUT2D eigenvalue weighted by Gasteiger charge is -2.24. The van der Waals surface area contributed by atoms with E-state index in [9.17, 15) is 0 Å². The number of nitrogens with one attached hydrogen (secondary N) is 1. The molecule has 0 fully saturated rings. The Labute approximate surface area is 128 Å². The van der Waals surface area contributed by atoms with Crippen LogP contribution in [0.15, 0.2) is 54.6 Å². The summed E-state index contributed by atoms with van der Waals surface area (Å²) in [6.07, 6.45) is 0.965. The largest absolute Gasteiger partial charge is 0.493 e. The number of hydrogen-bond donors (Lipinski definition) is 1. The van der Waals surface area contributed by atoms with Crippen LogP contribution < -0.4 is 10.1 Å². The van der Waals surface area contributed by atoms with Gasteiger partial charge in [0.05, 0.1) is 6.61 Å². The number of rotatable bonds is 7. The molecule has 1 N–H and O–H groups in total. The molecule has 0 heterocycles. The Morgan fingerprint density at radius 3 is 2.14 bits per heavy atom. The molecule has 0 radical (unpaired) electrons. The Morgan fingerprint density at radius 1 is 0.905 bits per heavy atom. The van der Waals surface area contributed by atoms with E-state index >= 15 is 0 Å². The summed E-state index contributed by atoms with van der Waals surface area (Å²) in [6.45, 7) is 6.06. The third-order valence-corrected chi connectivity index (χ3v) is 3.46. The van der Waals surface area contributed by atoms with E-state index in [0.717, 1.165) is 18.7 Å². The van der Waals surface area contributed by atoms with Crippen LogP contribution in [0.3, 0.4) is 0 Å². The van der Waals surface area contributed by atoms with Crippen LogP contribution in [0, 0.1) is 5.41 Å². The van der Waals surface area contributed by atoms with Crippen LogP contribution in [-0.4, -0.2) is 20.2 Å². The van der Waals surface area contributed by atoms with Gasteiger partial charge in [-0.05, 0) is 36.7 Å². The lowest BCUT2D eigenvalue weighted by atomic mass is 9.95. The smallest absolute Gasteiger partial charge is 0.119 e. The summed E-state index contributed by atoms with van der Waals surface area (Å²) in [6, 6.07) is 18.9. The van der Waals surface area contributed by atoms with Crippen molar-refractivity contribution in [2.75, 3.05) is 20.2 Å². The standard InChI is InChI=1S/C19H25NO/c1-19(2,14-20-3)15-21-18-11-9-17(10-12-18)13-16-7-5-4-6-8-16/h4-12,20H,13-15H2,1-3H3. The maximum atomic E-state index is 5.89. The molecule has 0 aromatic heterocycles. The monoisotopic (exact) mass is 283 g/mol. The van der Waals surface area contributed by atoms with Gasteiger partial charge in [0.25, 0.3) is 0 Å². The van der Waals surface area contributed by atoms with Crippen molar-refractivity contribution in [3.8, 4) is 5.75 Å². The first kappa shape index (κ1) is 15.6. The predicted octanol–water partition coefficient (Wildman–Crippen LogP) is 3.90. The van der Waals surface area contributed by atoms with Gasteiger partial charge in [0, 0.05) is 12.0 Å². The lowest BCUT2D eigenvalue weighted by Crippen LogP contribution is -2.32. The number of ether oxygens (including phenoxy) is 1. The van der Waals surface area contributed by atoms with Gasteiger partial charge in [-0.15, -0.1) is 0 Å². The van der Waals surface area contributed by atoms with Gasteiger partial charge in [0.1, 0.15) is 5.75 Å². The van der Waals surface area contributed by atoms with Crippen LogP contribution in [0.5, 0.6) is 5.75 Å². The summed E-state index contributed by atoms with van der Waals surface area (Å²) >= 11 is 0. The lowest BCUT2D eigenvalue weighted by molar-refractivity contribution is 0.179. The van der Waals surface area contributed by atoms with Gasteiger partial charge < -0.3 is 10.1 Å². The fraction of sp³-hybridized carbons (Fsp3) is 0.368. The molecule has 0 unspecified atom stereocenters. The minimum atomic E-state index is 0.136. The quantitative estimate of drug-likeness (QED) is 0.832. The van der Waals surface area contributed by atoms with Crippen LogP contribution in [0.2, 0.25) is 0 Å². The summed E-state index contributed by atoms with van der Waals surface area (Å²) in [5, 5.41) is 3.20. The summed E-state index contributed by atoms with van der Waals surface area (Å²) in [4.78, 5) is 0. The van der Waals surface area contributed by atoms with E-state index in [1.165, 1.54) is 11.1 Å². The van der Waals surface area contributed by atoms with Crippen molar-refractivity contribution in [2.45, 2.75) is 20.3 Å². The Bertz CT molecular complexity index is 531. The van der Waals surface area contributed by atoms with E-state index in [1.54, 1.807) is 0 Å². The molecule has 2 nitrogen and oxygen atoms in total. The van der Waals surface area contributed by atoms with E-state index in [1.807, 2.05) is 13.1 Å². The van der Waals surface area contributed by atoms with Gasteiger partial charge in [-0.2, -0.15) is 0 Å². The van der Waals surface area contributed by atoms with Gasteiger partial charge in [0.15, 0.2) is 0 Å². The second-order valence-corrected chi connectivity index (χ2v) is 6.29. The van der Waals surface area contributed by atoms with E-state index in [-0.39, 0.29) is 5.41 Å². The van der Waals surface area contributed by atoms with Crippen molar-refractivity contribution in [1.82, 2.24) is 5.32 Å². The second kappa shape index (κ2) is 7.28. The average molecular weight is 283 g/mol. The first-order valence-electron chi connectivity index (χ1n) is 7.49. The third-order valence-electron chi connectivity index (χ3n) is 3.46. The Hall–Kier alpha value is -1.80. The van der Waals surface area contributed by atoms with Gasteiger partial charge in [-0.25, -0.2) is 0 Å². The van der Waals surface area contributed by atoms with E-state index < -0.39 is 0 Å². The Balaban J connectivity index is 1.90. The van der Waals surface area contributed by atoms with E-state index in [4.69, 9.17) is 4.74 Å². The molecule has 2 heteroatoms. The number of benzene rings is 2. The van der Waals surface area contributed by atoms with E-state index in [2.05, 4.69) is 67.7 Å². The van der Waals surface area contributed by atoms with Crippen molar-refractivity contribution in [1.29, 1.82) is 0 Å². The van der Waals surface area contributed by atoms with Crippen LogP contribution in [0.4, 0.5) is 0 Å². The first-order chi connectivity index (χ1) is 10.1. The zero-order valence-electron chi connectivity index (χ0n) is 13.2. The summed E-state index contributed by atoms with van der Waals surface area (Å²) in [5.74, 6) is 0.941. The van der Waals surface area contributed by atoms with Crippen molar-refractivity contribution in [3.05, 3.63) is 65.7 Å². The van der Waals surface area contributed by atoms with Crippen molar-refractivity contribution in [2.24, 2.45) is 5.41 Å². The van der Waals surface area contributed by atoms with Gasteiger partial charge in [-0.1, -0.05) is 56.3 Å². The van der Waals surface area contributed by atoms with Crippen LogP contribution >= 0.6 is 0 Å². The zero-order valence-corrected chi connectivity index (χ0v) is 13.2.